The van der Waals surface area contributed by atoms with Crippen molar-refractivity contribution in [1.82, 2.24) is 0 Å². The first-order chi connectivity index (χ1) is 10.1. The third kappa shape index (κ3) is 4.25. The van der Waals surface area contributed by atoms with Crippen LogP contribution in [-0.4, -0.2) is 19.6 Å². The number of hydrogen-bond acceptors (Lipinski definition) is 4. The highest BCUT2D eigenvalue weighted by molar-refractivity contribution is 14.1. The fraction of sp³-hybridized carbons (Fsp3) is 0.133. The van der Waals surface area contributed by atoms with E-state index in [1.807, 2.05) is 24.3 Å². The number of rotatable bonds is 5. The van der Waals surface area contributed by atoms with Gasteiger partial charge in [0, 0.05) is 11.8 Å². The lowest BCUT2D eigenvalue weighted by molar-refractivity contribution is -0.118. The number of nitrogens with two attached hydrogens (primary N) is 1. The second-order valence-electron chi connectivity index (χ2n) is 4.23. The molecule has 0 aliphatic heterocycles. The third-order valence-electron chi connectivity index (χ3n) is 2.70. The zero-order valence-electron chi connectivity index (χ0n) is 11.4. The molecular formula is C15H15IN2O3. The Balaban J connectivity index is 1.98. The second-order valence-corrected chi connectivity index (χ2v) is 5.39. The van der Waals surface area contributed by atoms with E-state index in [1.165, 1.54) is 7.11 Å². The number of halogens is 1. The lowest BCUT2D eigenvalue weighted by atomic mass is 10.2. The van der Waals surface area contributed by atoms with E-state index in [-0.39, 0.29) is 12.5 Å². The molecule has 0 bridgehead atoms. The van der Waals surface area contributed by atoms with Crippen LogP contribution < -0.4 is 20.5 Å². The van der Waals surface area contributed by atoms with Crippen LogP contribution in [0, 0.1) is 3.57 Å². The number of carbonyl (C=O) groups is 1. The Morgan fingerprint density at radius 3 is 2.71 bits per heavy atom. The molecule has 0 radical (unpaired) electrons. The summed E-state index contributed by atoms with van der Waals surface area (Å²) in [5.74, 6) is 0.924. The van der Waals surface area contributed by atoms with Gasteiger partial charge in [-0.05, 0) is 46.9 Å². The number of nitrogen functional groups attached to an aromatic ring is 1. The Labute approximate surface area is 136 Å². The van der Waals surface area contributed by atoms with Gasteiger partial charge in [-0.2, -0.15) is 0 Å². The first-order valence-corrected chi connectivity index (χ1v) is 7.28. The maximum Gasteiger partial charge on any atom is 0.262 e. The van der Waals surface area contributed by atoms with Crippen LogP contribution in [0.5, 0.6) is 11.5 Å². The van der Waals surface area contributed by atoms with E-state index < -0.39 is 0 Å². The van der Waals surface area contributed by atoms with Crippen molar-refractivity contribution >= 4 is 39.9 Å². The summed E-state index contributed by atoms with van der Waals surface area (Å²) in [4.78, 5) is 11.9. The van der Waals surface area contributed by atoms with Gasteiger partial charge < -0.3 is 20.5 Å². The number of anilines is 2. The Hall–Kier alpha value is -1.96. The number of ether oxygens (including phenoxy) is 2. The number of nitrogens with one attached hydrogen (secondary N) is 1. The van der Waals surface area contributed by atoms with Crippen LogP contribution in [0.1, 0.15) is 0 Å². The summed E-state index contributed by atoms with van der Waals surface area (Å²) in [5.41, 5.74) is 6.79. The highest BCUT2D eigenvalue weighted by atomic mass is 127. The molecule has 0 spiro atoms. The van der Waals surface area contributed by atoms with Gasteiger partial charge in [0.05, 0.1) is 16.4 Å². The van der Waals surface area contributed by atoms with Crippen molar-refractivity contribution in [2.45, 2.75) is 0 Å². The van der Waals surface area contributed by atoms with Crippen molar-refractivity contribution in [2.24, 2.45) is 0 Å². The van der Waals surface area contributed by atoms with Gasteiger partial charge in [0.15, 0.2) is 6.61 Å². The summed E-state index contributed by atoms with van der Waals surface area (Å²) in [6.07, 6.45) is 0. The van der Waals surface area contributed by atoms with Crippen LogP contribution in [0.2, 0.25) is 0 Å². The fourth-order valence-electron chi connectivity index (χ4n) is 1.70. The molecule has 0 saturated heterocycles. The van der Waals surface area contributed by atoms with Crippen molar-refractivity contribution in [3.8, 4) is 11.5 Å². The van der Waals surface area contributed by atoms with Crippen LogP contribution in [-0.2, 0) is 4.79 Å². The number of hydrogen-bond donors (Lipinski definition) is 2. The molecule has 6 heteroatoms. The van der Waals surface area contributed by atoms with E-state index in [0.29, 0.717) is 22.9 Å². The number of carbonyl (C=O) groups excluding carboxylic acids is 1. The standard InChI is InChI=1S/C15H15IN2O3/c1-20-14-8-10(17)6-7-12(14)18-15(19)9-21-13-5-3-2-4-11(13)16/h2-8H,9,17H2,1H3,(H,18,19). The second kappa shape index (κ2) is 7.16. The molecule has 0 saturated carbocycles. The minimum absolute atomic E-state index is 0.0758. The lowest BCUT2D eigenvalue weighted by Gasteiger charge is -2.12. The van der Waals surface area contributed by atoms with Crippen LogP contribution in [0.3, 0.4) is 0 Å². The van der Waals surface area contributed by atoms with E-state index in [2.05, 4.69) is 27.9 Å². The molecular weight excluding hydrogens is 383 g/mol. The molecule has 0 fully saturated rings. The zero-order valence-corrected chi connectivity index (χ0v) is 13.6. The Kier molecular flexibility index (Phi) is 5.26. The molecule has 0 atom stereocenters. The molecule has 0 heterocycles. The molecule has 110 valence electrons. The van der Waals surface area contributed by atoms with Gasteiger partial charge in [-0.3, -0.25) is 4.79 Å². The number of benzene rings is 2. The summed E-state index contributed by atoms with van der Waals surface area (Å²) < 4.78 is 11.6. The molecule has 2 aromatic carbocycles. The molecule has 0 aromatic heterocycles. The molecule has 21 heavy (non-hydrogen) atoms. The summed E-state index contributed by atoms with van der Waals surface area (Å²) >= 11 is 2.16. The van der Waals surface area contributed by atoms with Crippen molar-refractivity contribution in [2.75, 3.05) is 24.8 Å². The smallest absolute Gasteiger partial charge is 0.262 e. The third-order valence-corrected chi connectivity index (χ3v) is 3.59. The highest BCUT2D eigenvalue weighted by Crippen LogP contribution is 2.26. The average molecular weight is 398 g/mol. The summed E-state index contributed by atoms with van der Waals surface area (Å²) in [6, 6.07) is 12.5. The maximum atomic E-state index is 11.9. The molecule has 2 rings (SSSR count). The SMILES string of the molecule is COc1cc(N)ccc1NC(=O)COc1ccccc1I. The molecule has 5 nitrogen and oxygen atoms in total. The Bertz CT molecular complexity index is 647. The predicted molar refractivity (Wildman–Crippen MR) is 90.7 cm³/mol. The quantitative estimate of drug-likeness (QED) is 0.600. The first-order valence-electron chi connectivity index (χ1n) is 6.21. The van der Waals surface area contributed by atoms with E-state index in [4.69, 9.17) is 15.2 Å². The maximum absolute atomic E-state index is 11.9. The minimum atomic E-state index is -0.266. The summed E-state index contributed by atoms with van der Waals surface area (Å²) in [7, 11) is 1.52. The largest absolute Gasteiger partial charge is 0.494 e. The van der Waals surface area contributed by atoms with Crippen LogP contribution in [0.4, 0.5) is 11.4 Å². The summed E-state index contributed by atoms with van der Waals surface area (Å²) in [5, 5.41) is 2.73. The normalized spacial score (nSPS) is 10.0. The van der Waals surface area contributed by atoms with Gasteiger partial charge in [0.2, 0.25) is 0 Å². The number of methoxy groups -OCH3 is 1. The van der Waals surface area contributed by atoms with Gasteiger partial charge in [-0.15, -0.1) is 0 Å². The number of para-hydroxylation sites is 1. The first kappa shape index (κ1) is 15.4. The molecule has 1 amide bonds. The Morgan fingerprint density at radius 2 is 2.00 bits per heavy atom. The number of amides is 1. The predicted octanol–water partition coefficient (Wildman–Crippen LogP) is 2.90. The van der Waals surface area contributed by atoms with E-state index in [0.717, 1.165) is 3.57 Å². The zero-order chi connectivity index (χ0) is 15.2. The molecule has 0 unspecified atom stereocenters. The average Bonchev–Trinajstić information content (AvgIpc) is 2.48. The van der Waals surface area contributed by atoms with Crippen LogP contribution in [0.15, 0.2) is 42.5 Å². The van der Waals surface area contributed by atoms with E-state index >= 15 is 0 Å². The van der Waals surface area contributed by atoms with Gasteiger partial charge in [-0.25, -0.2) is 0 Å². The van der Waals surface area contributed by atoms with Crippen molar-refractivity contribution < 1.29 is 14.3 Å². The Morgan fingerprint density at radius 1 is 1.24 bits per heavy atom. The van der Waals surface area contributed by atoms with Crippen molar-refractivity contribution in [1.29, 1.82) is 0 Å². The van der Waals surface area contributed by atoms with Gasteiger partial charge in [0.25, 0.3) is 5.91 Å². The topological polar surface area (TPSA) is 73.6 Å². The van der Waals surface area contributed by atoms with Gasteiger partial charge in [-0.1, -0.05) is 12.1 Å². The molecule has 0 aliphatic rings. The fourth-order valence-corrected chi connectivity index (χ4v) is 2.25. The molecule has 2 aromatic rings. The highest BCUT2D eigenvalue weighted by Gasteiger charge is 2.09. The van der Waals surface area contributed by atoms with Crippen molar-refractivity contribution in [3.63, 3.8) is 0 Å². The van der Waals surface area contributed by atoms with Crippen LogP contribution >= 0.6 is 22.6 Å². The van der Waals surface area contributed by atoms with Crippen LogP contribution in [0.25, 0.3) is 0 Å². The van der Waals surface area contributed by atoms with Gasteiger partial charge >= 0.3 is 0 Å². The van der Waals surface area contributed by atoms with E-state index in [1.54, 1.807) is 18.2 Å². The van der Waals surface area contributed by atoms with Crippen molar-refractivity contribution in [3.05, 3.63) is 46.0 Å². The van der Waals surface area contributed by atoms with Gasteiger partial charge in [0.1, 0.15) is 11.5 Å². The lowest BCUT2D eigenvalue weighted by Crippen LogP contribution is -2.20. The van der Waals surface area contributed by atoms with E-state index in [9.17, 15) is 4.79 Å². The molecule has 0 aliphatic carbocycles. The monoisotopic (exact) mass is 398 g/mol. The summed E-state index contributed by atoms with van der Waals surface area (Å²) in [6.45, 7) is -0.0758. The minimum Gasteiger partial charge on any atom is -0.494 e. The molecule has 3 N–H and O–H groups in total.